The van der Waals surface area contributed by atoms with E-state index in [-0.39, 0.29) is 18.6 Å². The van der Waals surface area contributed by atoms with Crippen LogP contribution in [0.1, 0.15) is 22.5 Å². The van der Waals surface area contributed by atoms with Crippen molar-refractivity contribution >= 4 is 23.1 Å². The van der Waals surface area contributed by atoms with Crippen LogP contribution in [-0.2, 0) is 17.8 Å². The largest absolute Gasteiger partial charge is 0.369 e. The number of pyridine rings is 1. The van der Waals surface area contributed by atoms with E-state index >= 15 is 0 Å². The van der Waals surface area contributed by atoms with Crippen LogP contribution in [0.3, 0.4) is 0 Å². The molecule has 0 aliphatic heterocycles. The third-order valence-corrected chi connectivity index (χ3v) is 5.24. The molecule has 0 radical (unpaired) electrons. The maximum absolute atomic E-state index is 13.5. The number of halogens is 2. The zero-order chi connectivity index (χ0) is 21.3. The summed E-state index contributed by atoms with van der Waals surface area (Å²) in [7, 11) is 0. The first-order valence-electron chi connectivity index (χ1n) is 9.54. The SMILES string of the molecule is NC(=O)C1CC(=O)c2c(Nc3ccccc3)c(-c3ccncc3)n(CC(F)F)c2C1. The second-order valence-electron chi connectivity index (χ2n) is 7.20. The van der Waals surface area contributed by atoms with Crippen molar-refractivity contribution in [3.63, 3.8) is 0 Å². The molecule has 0 bridgehead atoms. The maximum Gasteiger partial charge on any atom is 0.256 e. The molecule has 0 saturated heterocycles. The monoisotopic (exact) mass is 410 g/mol. The number of nitrogens with two attached hydrogens (primary N) is 1. The van der Waals surface area contributed by atoms with Crippen LogP contribution in [0.2, 0.25) is 0 Å². The molecular formula is C22H20F2N4O2. The van der Waals surface area contributed by atoms with Crippen LogP contribution in [0.4, 0.5) is 20.2 Å². The number of anilines is 2. The van der Waals surface area contributed by atoms with Gasteiger partial charge in [0.15, 0.2) is 5.78 Å². The fourth-order valence-electron chi connectivity index (χ4n) is 3.95. The van der Waals surface area contributed by atoms with Crippen molar-refractivity contribution in [3.8, 4) is 11.3 Å². The molecule has 2 heterocycles. The number of hydrogen-bond acceptors (Lipinski definition) is 4. The number of amides is 1. The Labute approximate surface area is 171 Å². The first kappa shape index (κ1) is 19.8. The molecule has 2 aromatic heterocycles. The molecule has 154 valence electrons. The Bertz CT molecular complexity index is 1080. The van der Waals surface area contributed by atoms with Gasteiger partial charge in [-0.3, -0.25) is 14.6 Å². The molecule has 1 aliphatic carbocycles. The number of hydrogen-bond donors (Lipinski definition) is 2. The molecule has 8 heteroatoms. The summed E-state index contributed by atoms with van der Waals surface area (Å²) in [6, 6.07) is 12.6. The highest BCUT2D eigenvalue weighted by atomic mass is 19.3. The second-order valence-corrected chi connectivity index (χ2v) is 7.20. The molecule has 3 aromatic rings. The number of rotatable bonds is 6. The first-order valence-corrected chi connectivity index (χ1v) is 9.54. The van der Waals surface area contributed by atoms with Gasteiger partial charge in [-0.05, 0) is 24.3 Å². The number of fused-ring (bicyclic) bond motifs is 1. The van der Waals surface area contributed by atoms with E-state index in [0.29, 0.717) is 28.2 Å². The highest BCUT2D eigenvalue weighted by molar-refractivity contribution is 6.09. The molecule has 1 aliphatic rings. The summed E-state index contributed by atoms with van der Waals surface area (Å²) in [5, 5.41) is 3.24. The van der Waals surface area contributed by atoms with Gasteiger partial charge in [0.2, 0.25) is 5.91 Å². The average Bonchev–Trinajstić information content (AvgIpc) is 3.02. The quantitative estimate of drug-likeness (QED) is 0.647. The minimum Gasteiger partial charge on any atom is -0.369 e. The molecule has 1 aromatic carbocycles. The normalized spacial score (nSPS) is 15.8. The highest BCUT2D eigenvalue weighted by Gasteiger charge is 2.37. The number of aromatic nitrogens is 2. The zero-order valence-corrected chi connectivity index (χ0v) is 16.0. The van der Waals surface area contributed by atoms with E-state index in [1.165, 1.54) is 4.57 Å². The molecule has 3 N–H and O–H groups in total. The van der Waals surface area contributed by atoms with Crippen molar-refractivity contribution in [1.82, 2.24) is 9.55 Å². The number of ketones is 1. The van der Waals surface area contributed by atoms with Crippen molar-refractivity contribution in [2.75, 3.05) is 5.32 Å². The summed E-state index contributed by atoms with van der Waals surface area (Å²) in [4.78, 5) is 28.8. The van der Waals surface area contributed by atoms with Gasteiger partial charge in [0.05, 0.1) is 29.4 Å². The molecule has 4 rings (SSSR count). The molecular weight excluding hydrogens is 390 g/mol. The summed E-state index contributed by atoms with van der Waals surface area (Å²) < 4.78 is 28.5. The summed E-state index contributed by atoms with van der Waals surface area (Å²) in [6.07, 6.45) is 0.580. The molecule has 1 unspecified atom stereocenters. The van der Waals surface area contributed by atoms with Crippen molar-refractivity contribution in [3.05, 3.63) is 66.1 Å². The lowest BCUT2D eigenvalue weighted by Gasteiger charge is -2.21. The highest BCUT2D eigenvalue weighted by Crippen LogP contribution is 2.42. The Balaban J connectivity index is 1.97. The summed E-state index contributed by atoms with van der Waals surface area (Å²) in [5.74, 6) is -1.62. The van der Waals surface area contributed by atoms with E-state index < -0.39 is 24.8 Å². The molecule has 1 amide bonds. The lowest BCUT2D eigenvalue weighted by molar-refractivity contribution is -0.121. The standard InChI is InChI=1S/C22H20F2N4O2/c23-18(24)12-28-16-10-14(22(25)30)11-17(29)19(16)20(27-15-4-2-1-3-5-15)21(28)13-6-8-26-9-7-13/h1-9,14,18,27H,10-12H2,(H2,25,30). The van der Waals surface area contributed by atoms with Crippen LogP contribution < -0.4 is 11.1 Å². The van der Waals surface area contributed by atoms with E-state index in [1.54, 1.807) is 24.5 Å². The van der Waals surface area contributed by atoms with E-state index in [4.69, 9.17) is 5.73 Å². The van der Waals surface area contributed by atoms with Gasteiger partial charge in [0, 0.05) is 42.2 Å². The number of nitrogens with zero attached hydrogens (tertiary/aromatic N) is 2. The summed E-state index contributed by atoms with van der Waals surface area (Å²) in [5.41, 5.74) is 8.46. The number of carbonyl (C=O) groups is 2. The third-order valence-electron chi connectivity index (χ3n) is 5.24. The Morgan fingerprint density at radius 2 is 1.87 bits per heavy atom. The van der Waals surface area contributed by atoms with Crippen molar-refractivity contribution < 1.29 is 18.4 Å². The molecule has 0 fully saturated rings. The Hall–Kier alpha value is -3.55. The molecule has 30 heavy (non-hydrogen) atoms. The van der Waals surface area contributed by atoms with Crippen LogP contribution in [0, 0.1) is 5.92 Å². The maximum atomic E-state index is 13.5. The van der Waals surface area contributed by atoms with E-state index in [1.807, 2.05) is 30.3 Å². The predicted octanol–water partition coefficient (Wildman–Crippen LogP) is 3.79. The second kappa shape index (κ2) is 8.06. The van der Waals surface area contributed by atoms with Crippen LogP contribution in [0.15, 0.2) is 54.9 Å². The summed E-state index contributed by atoms with van der Waals surface area (Å²) >= 11 is 0. The lowest BCUT2D eigenvalue weighted by Crippen LogP contribution is -2.32. The molecule has 1 atom stereocenters. The Morgan fingerprint density at radius 1 is 1.17 bits per heavy atom. The average molecular weight is 410 g/mol. The van der Waals surface area contributed by atoms with Gasteiger partial charge in [-0.1, -0.05) is 18.2 Å². The lowest BCUT2D eigenvalue weighted by atomic mass is 9.85. The predicted molar refractivity (Wildman–Crippen MR) is 109 cm³/mol. The van der Waals surface area contributed by atoms with Gasteiger partial charge in [-0.2, -0.15) is 0 Å². The molecule has 0 spiro atoms. The van der Waals surface area contributed by atoms with Crippen LogP contribution in [0.5, 0.6) is 0 Å². The fraction of sp³-hybridized carbons (Fsp3) is 0.227. The van der Waals surface area contributed by atoms with E-state index in [9.17, 15) is 18.4 Å². The van der Waals surface area contributed by atoms with Crippen molar-refractivity contribution in [1.29, 1.82) is 0 Å². The van der Waals surface area contributed by atoms with Gasteiger partial charge < -0.3 is 15.6 Å². The zero-order valence-electron chi connectivity index (χ0n) is 16.0. The minimum atomic E-state index is -2.64. The van der Waals surface area contributed by atoms with Gasteiger partial charge in [0.25, 0.3) is 6.43 Å². The molecule has 0 saturated carbocycles. The van der Waals surface area contributed by atoms with Crippen LogP contribution >= 0.6 is 0 Å². The van der Waals surface area contributed by atoms with Crippen LogP contribution in [-0.4, -0.2) is 27.7 Å². The number of nitrogens with one attached hydrogen (secondary N) is 1. The number of para-hydroxylation sites is 1. The Morgan fingerprint density at radius 3 is 2.50 bits per heavy atom. The molecule has 6 nitrogen and oxygen atoms in total. The van der Waals surface area contributed by atoms with Gasteiger partial charge in [-0.25, -0.2) is 8.78 Å². The van der Waals surface area contributed by atoms with Crippen molar-refractivity contribution in [2.24, 2.45) is 11.7 Å². The van der Waals surface area contributed by atoms with Crippen LogP contribution in [0.25, 0.3) is 11.3 Å². The smallest absolute Gasteiger partial charge is 0.256 e. The number of primary amides is 1. The van der Waals surface area contributed by atoms with Gasteiger partial charge >= 0.3 is 0 Å². The van der Waals surface area contributed by atoms with E-state index in [0.717, 1.165) is 5.69 Å². The van der Waals surface area contributed by atoms with Gasteiger partial charge in [0.1, 0.15) is 0 Å². The number of carbonyl (C=O) groups excluding carboxylic acids is 2. The first-order chi connectivity index (χ1) is 14.5. The van der Waals surface area contributed by atoms with Gasteiger partial charge in [-0.15, -0.1) is 0 Å². The minimum absolute atomic E-state index is 0.0414. The topological polar surface area (TPSA) is 90.0 Å². The third kappa shape index (κ3) is 3.68. The Kier molecular flexibility index (Phi) is 5.31. The number of benzene rings is 1. The number of Topliss-reactive ketones (excluding diaryl/α,β-unsaturated/α-hetero) is 1. The van der Waals surface area contributed by atoms with E-state index in [2.05, 4.69) is 10.3 Å². The van der Waals surface area contributed by atoms with Crippen molar-refractivity contribution in [2.45, 2.75) is 25.8 Å². The number of alkyl halides is 2. The summed E-state index contributed by atoms with van der Waals surface area (Å²) in [6.45, 7) is -0.602. The fourth-order valence-corrected chi connectivity index (χ4v) is 3.95.